The van der Waals surface area contributed by atoms with Gasteiger partial charge in [-0.2, -0.15) is 17.0 Å². The summed E-state index contributed by atoms with van der Waals surface area (Å²) < 4.78 is 0. The van der Waals surface area contributed by atoms with Crippen LogP contribution in [-0.2, 0) is 0 Å². The van der Waals surface area contributed by atoms with E-state index in [1.54, 1.807) is 0 Å². The summed E-state index contributed by atoms with van der Waals surface area (Å²) in [5, 5.41) is 8.78. The van der Waals surface area contributed by atoms with Crippen LogP contribution in [0.25, 0.3) is 0 Å². The molecule has 0 saturated carbocycles. The summed E-state index contributed by atoms with van der Waals surface area (Å²) >= 11 is 1.98. The van der Waals surface area contributed by atoms with Gasteiger partial charge in [-0.25, -0.2) is 0 Å². The van der Waals surface area contributed by atoms with Gasteiger partial charge in [0, 0.05) is 0 Å². The molecule has 0 heterocycles. The number of thioether (sulfide) groups is 1. The zero-order valence-electron chi connectivity index (χ0n) is 9.10. The number of rotatable bonds is 7. The highest BCUT2D eigenvalue weighted by atomic mass is 32.2. The van der Waals surface area contributed by atoms with Crippen molar-refractivity contribution in [2.24, 2.45) is 5.41 Å². The van der Waals surface area contributed by atoms with Gasteiger partial charge in [-0.3, -0.25) is 0 Å². The fraction of sp³-hybridized carbons (Fsp3) is 0.909. The van der Waals surface area contributed by atoms with E-state index in [-0.39, 0.29) is 5.41 Å². The van der Waals surface area contributed by atoms with Gasteiger partial charge in [-0.05, 0) is 38.2 Å². The van der Waals surface area contributed by atoms with E-state index < -0.39 is 0 Å². The lowest BCUT2D eigenvalue weighted by atomic mass is 9.93. The smallest absolute Gasteiger partial charge is 0.0684 e. The van der Waals surface area contributed by atoms with Gasteiger partial charge in [-0.1, -0.05) is 19.8 Å². The zero-order chi connectivity index (χ0) is 10.2. The second-order valence-corrected chi connectivity index (χ2v) is 5.29. The Balaban J connectivity index is 3.22. The SMILES string of the molecule is CCCCCSCCC(C)(C)C#N. The first-order chi connectivity index (χ1) is 6.12. The van der Waals surface area contributed by atoms with Crippen LogP contribution >= 0.6 is 11.8 Å². The lowest BCUT2D eigenvalue weighted by Gasteiger charge is -2.13. The molecule has 0 N–H and O–H groups in total. The molecule has 0 aliphatic rings. The van der Waals surface area contributed by atoms with Crippen LogP contribution in [0.3, 0.4) is 0 Å². The fourth-order valence-electron chi connectivity index (χ4n) is 0.939. The molecule has 13 heavy (non-hydrogen) atoms. The van der Waals surface area contributed by atoms with Gasteiger partial charge < -0.3 is 0 Å². The van der Waals surface area contributed by atoms with E-state index in [1.165, 1.54) is 25.0 Å². The summed E-state index contributed by atoms with van der Waals surface area (Å²) in [4.78, 5) is 0. The Hall–Kier alpha value is -0.160. The largest absolute Gasteiger partial charge is 0.198 e. The highest BCUT2D eigenvalue weighted by Crippen LogP contribution is 2.21. The molecular formula is C11H21NS. The molecule has 0 aromatic carbocycles. The number of hydrogen-bond donors (Lipinski definition) is 0. The van der Waals surface area contributed by atoms with Crippen LogP contribution in [0.1, 0.15) is 46.5 Å². The molecule has 0 aromatic heterocycles. The van der Waals surface area contributed by atoms with Crippen LogP contribution in [-0.4, -0.2) is 11.5 Å². The maximum atomic E-state index is 8.78. The molecule has 0 radical (unpaired) electrons. The molecule has 0 rings (SSSR count). The van der Waals surface area contributed by atoms with Crippen LogP contribution in [0.4, 0.5) is 0 Å². The molecule has 76 valence electrons. The highest BCUT2D eigenvalue weighted by molar-refractivity contribution is 7.99. The Kier molecular flexibility index (Phi) is 7.17. The van der Waals surface area contributed by atoms with Gasteiger partial charge in [0.2, 0.25) is 0 Å². The Morgan fingerprint density at radius 3 is 2.46 bits per heavy atom. The highest BCUT2D eigenvalue weighted by Gasteiger charge is 2.15. The summed E-state index contributed by atoms with van der Waals surface area (Å²) in [6.07, 6.45) is 4.98. The Morgan fingerprint density at radius 1 is 1.23 bits per heavy atom. The van der Waals surface area contributed by atoms with Crippen molar-refractivity contribution in [3.63, 3.8) is 0 Å². The Bertz CT molecular complexity index is 158. The molecule has 0 unspecified atom stereocenters. The second kappa shape index (κ2) is 7.26. The molecule has 1 nitrogen and oxygen atoms in total. The summed E-state index contributed by atoms with van der Waals surface area (Å²) in [5.74, 6) is 2.39. The third-order valence-electron chi connectivity index (χ3n) is 2.07. The molecule has 0 saturated heterocycles. The maximum absolute atomic E-state index is 8.78. The molecule has 0 spiro atoms. The Morgan fingerprint density at radius 2 is 1.92 bits per heavy atom. The lowest BCUT2D eigenvalue weighted by Crippen LogP contribution is -2.08. The van der Waals surface area contributed by atoms with Crippen molar-refractivity contribution >= 4 is 11.8 Å². The summed E-state index contributed by atoms with van der Waals surface area (Å²) in [5.41, 5.74) is -0.127. The lowest BCUT2D eigenvalue weighted by molar-refractivity contribution is 0.482. The van der Waals surface area contributed by atoms with E-state index in [0.29, 0.717) is 0 Å². The van der Waals surface area contributed by atoms with Gasteiger partial charge in [0.05, 0.1) is 11.5 Å². The van der Waals surface area contributed by atoms with Crippen molar-refractivity contribution in [1.82, 2.24) is 0 Å². The Labute approximate surface area is 86.9 Å². The topological polar surface area (TPSA) is 23.8 Å². The minimum atomic E-state index is -0.127. The van der Waals surface area contributed by atoms with Crippen molar-refractivity contribution < 1.29 is 0 Å². The first-order valence-electron chi connectivity index (χ1n) is 5.11. The third kappa shape index (κ3) is 8.18. The van der Waals surface area contributed by atoms with Crippen LogP contribution < -0.4 is 0 Å². The molecule has 0 fully saturated rings. The van der Waals surface area contributed by atoms with Gasteiger partial charge in [0.25, 0.3) is 0 Å². The molecule has 2 heteroatoms. The van der Waals surface area contributed by atoms with Crippen molar-refractivity contribution in [1.29, 1.82) is 5.26 Å². The fourth-order valence-corrected chi connectivity index (χ4v) is 2.21. The monoisotopic (exact) mass is 199 g/mol. The van der Waals surface area contributed by atoms with Crippen molar-refractivity contribution in [2.45, 2.75) is 46.5 Å². The van der Waals surface area contributed by atoms with Crippen molar-refractivity contribution in [2.75, 3.05) is 11.5 Å². The normalized spacial score (nSPS) is 11.2. The van der Waals surface area contributed by atoms with E-state index in [1.807, 2.05) is 25.6 Å². The molecule has 0 aromatic rings. The predicted octanol–water partition coefficient (Wildman–Crippen LogP) is 3.85. The van der Waals surface area contributed by atoms with Gasteiger partial charge >= 0.3 is 0 Å². The van der Waals surface area contributed by atoms with Crippen molar-refractivity contribution in [3.8, 4) is 6.07 Å². The number of unbranched alkanes of at least 4 members (excludes halogenated alkanes) is 2. The molecule has 0 atom stereocenters. The molecule has 0 aliphatic carbocycles. The van der Waals surface area contributed by atoms with Crippen LogP contribution in [0, 0.1) is 16.7 Å². The first-order valence-corrected chi connectivity index (χ1v) is 6.27. The molecular weight excluding hydrogens is 178 g/mol. The van der Waals surface area contributed by atoms with E-state index >= 15 is 0 Å². The number of nitrogens with zero attached hydrogens (tertiary/aromatic N) is 1. The maximum Gasteiger partial charge on any atom is 0.0684 e. The average molecular weight is 199 g/mol. The summed E-state index contributed by atoms with van der Waals surface area (Å²) in [6.45, 7) is 6.25. The van der Waals surface area contributed by atoms with E-state index in [4.69, 9.17) is 5.26 Å². The minimum absolute atomic E-state index is 0.127. The average Bonchev–Trinajstić information content (AvgIpc) is 2.11. The minimum Gasteiger partial charge on any atom is -0.198 e. The predicted molar refractivity (Wildman–Crippen MR) is 60.9 cm³/mol. The number of hydrogen-bond acceptors (Lipinski definition) is 2. The van der Waals surface area contributed by atoms with E-state index in [9.17, 15) is 0 Å². The summed E-state index contributed by atoms with van der Waals surface area (Å²) in [7, 11) is 0. The molecule has 0 amide bonds. The van der Waals surface area contributed by atoms with Crippen LogP contribution in [0.15, 0.2) is 0 Å². The van der Waals surface area contributed by atoms with E-state index in [2.05, 4.69) is 13.0 Å². The second-order valence-electron chi connectivity index (χ2n) is 4.07. The van der Waals surface area contributed by atoms with Gasteiger partial charge in [0.15, 0.2) is 0 Å². The quantitative estimate of drug-likeness (QED) is 0.581. The zero-order valence-corrected chi connectivity index (χ0v) is 9.91. The first kappa shape index (κ1) is 12.8. The standard InChI is InChI=1S/C11H21NS/c1-4-5-6-8-13-9-7-11(2,3)10-12/h4-9H2,1-3H3. The van der Waals surface area contributed by atoms with Crippen LogP contribution in [0.5, 0.6) is 0 Å². The third-order valence-corrected chi connectivity index (χ3v) is 3.14. The molecule has 0 aliphatic heterocycles. The summed E-state index contributed by atoms with van der Waals surface area (Å²) in [6, 6.07) is 2.33. The van der Waals surface area contributed by atoms with Crippen LogP contribution in [0.2, 0.25) is 0 Å². The number of nitriles is 1. The van der Waals surface area contributed by atoms with E-state index in [0.717, 1.165) is 12.2 Å². The van der Waals surface area contributed by atoms with Gasteiger partial charge in [-0.15, -0.1) is 0 Å². The molecule has 0 bridgehead atoms. The van der Waals surface area contributed by atoms with Crippen molar-refractivity contribution in [3.05, 3.63) is 0 Å². The van der Waals surface area contributed by atoms with Gasteiger partial charge in [0.1, 0.15) is 0 Å².